The van der Waals surface area contributed by atoms with Gasteiger partial charge >= 0.3 is 0 Å². The van der Waals surface area contributed by atoms with Crippen molar-refractivity contribution in [1.82, 2.24) is 9.97 Å². The number of H-pyrrole nitrogens is 1. The number of benzene rings is 1. The van der Waals surface area contributed by atoms with Crippen molar-refractivity contribution in [1.29, 1.82) is 0 Å². The van der Waals surface area contributed by atoms with Gasteiger partial charge in [-0.3, -0.25) is 0 Å². The monoisotopic (exact) mass is 372 g/mol. The minimum Gasteiger partial charge on any atom is -0.396 e. The first-order valence-electron chi connectivity index (χ1n) is 8.75. The molecule has 130 valence electrons. The van der Waals surface area contributed by atoms with E-state index in [-0.39, 0.29) is 0 Å². The highest BCUT2D eigenvalue weighted by Crippen LogP contribution is 2.44. The number of aliphatic hydroxyl groups is 1. The first-order chi connectivity index (χ1) is 12.2. The average Bonchev–Trinajstić information content (AvgIpc) is 3.02. The fourth-order valence-electron chi connectivity index (χ4n) is 3.67. The molecular weight excluding hydrogens is 352 g/mol. The smallest absolute Gasteiger partial charge is 0.138 e. The molecule has 0 spiro atoms. The molecule has 0 radical (unpaired) electrons. The lowest BCUT2D eigenvalue weighted by molar-refractivity contribution is 0.181. The van der Waals surface area contributed by atoms with Crippen molar-refractivity contribution in [2.75, 3.05) is 6.61 Å². The van der Waals surface area contributed by atoms with E-state index in [1.165, 1.54) is 20.9 Å². The molecular formula is C20H21ClN2OS. The Labute approximate surface area is 156 Å². The SMILES string of the molecule is OC[C@H]1CC[C@@H](c2[nH]c3ncccc3c2Sc2ccc(Cl)cc2)CC1. The van der Waals surface area contributed by atoms with Gasteiger partial charge in [-0.2, -0.15) is 0 Å². The Bertz CT molecular complexity index is 854. The zero-order valence-corrected chi connectivity index (χ0v) is 15.5. The average molecular weight is 373 g/mol. The van der Waals surface area contributed by atoms with Crippen LogP contribution in [0.15, 0.2) is 52.4 Å². The molecule has 3 nitrogen and oxygen atoms in total. The second-order valence-electron chi connectivity index (χ2n) is 6.72. The topological polar surface area (TPSA) is 48.9 Å². The van der Waals surface area contributed by atoms with Crippen molar-refractivity contribution in [3.63, 3.8) is 0 Å². The van der Waals surface area contributed by atoms with Gasteiger partial charge in [-0.15, -0.1) is 0 Å². The molecule has 0 bridgehead atoms. The summed E-state index contributed by atoms with van der Waals surface area (Å²) in [7, 11) is 0. The Kier molecular flexibility index (Phi) is 5.02. The largest absolute Gasteiger partial charge is 0.396 e. The molecule has 1 aliphatic carbocycles. The van der Waals surface area contributed by atoms with Crippen LogP contribution in [0.3, 0.4) is 0 Å². The highest BCUT2D eigenvalue weighted by Gasteiger charge is 2.26. The van der Waals surface area contributed by atoms with E-state index in [0.29, 0.717) is 18.4 Å². The van der Waals surface area contributed by atoms with Gasteiger partial charge in [0.2, 0.25) is 0 Å². The Hall–Kier alpha value is -1.49. The third kappa shape index (κ3) is 3.57. The molecule has 2 heterocycles. The minimum atomic E-state index is 0.313. The molecule has 25 heavy (non-hydrogen) atoms. The van der Waals surface area contributed by atoms with Crippen molar-refractivity contribution < 1.29 is 5.11 Å². The van der Waals surface area contributed by atoms with Crippen molar-refractivity contribution >= 4 is 34.4 Å². The lowest BCUT2D eigenvalue weighted by Gasteiger charge is -2.27. The van der Waals surface area contributed by atoms with Gasteiger partial charge in [-0.05, 0) is 68.0 Å². The molecule has 1 fully saturated rings. The second kappa shape index (κ2) is 7.40. The standard InChI is InChI=1S/C20H21ClN2OS/c21-15-7-9-16(10-8-15)25-19-17-2-1-11-22-20(17)23-18(19)14-5-3-13(12-24)4-6-14/h1-2,7-11,13-14,24H,3-6,12H2,(H,22,23)/t13-,14+. The summed E-state index contributed by atoms with van der Waals surface area (Å²) in [6.07, 6.45) is 6.25. The number of pyridine rings is 1. The van der Waals surface area contributed by atoms with Gasteiger partial charge < -0.3 is 10.1 Å². The Balaban J connectivity index is 1.69. The van der Waals surface area contributed by atoms with Gasteiger partial charge in [0.05, 0.1) is 0 Å². The number of rotatable bonds is 4. The van der Waals surface area contributed by atoms with Crippen molar-refractivity contribution in [3.05, 3.63) is 53.3 Å². The summed E-state index contributed by atoms with van der Waals surface area (Å²) in [6.45, 7) is 0.313. The number of aliphatic hydroxyl groups excluding tert-OH is 1. The van der Waals surface area contributed by atoms with Crippen molar-refractivity contribution in [2.45, 2.75) is 41.4 Å². The van der Waals surface area contributed by atoms with E-state index in [1.807, 2.05) is 24.4 Å². The van der Waals surface area contributed by atoms with Crippen LogP contribution in [0.5, 0.6) is 0 Å². The van der Waals surface area contributed by atoms with E-state index in [2.05, 4.69) is 28.2 Å². The molecule has 5 heteroatoms. The summed E-state index contributed by atoms with van der Waals surface area (Å²) in [5.41, 5.74) is 2.25. The van der Waals surface area contributed by atoms with E-state index in [1.54, 1.807) is 11.8 Å². The van der Waals surface area contributed by atoms with E-state index in [9.17, 15) is 5.11 Å². The maximum absolute atomic E-state index is 9.40. The normalized spacial score (nSPS) is 20.9. The summed E-state index contributed by atoms with van der Waals surface area (Å²) in [5.74, 6) is 0.970. The van der Waals surface area contributed by atoms with E-state index in [0.717, 1.165) is 36.4 Å². The molecule has 0 saturated heterocycles. The predicted octanol–water partition coefficient (Wildman–Crippen LogP) is 5.63. The number of halogens is 1. The van der Waals surface area contributed by atoms with Gasteiger partial charge in [0, 0.05) is 44.6 Å². The van der Waals surface area contributed by atoms with E-state index < -0.39 is 0 Å². The molecule has 1 aromatic carbocycles. The number of hydrogen-bond acceptors (Lipinski definition) is 3. The zero-order chi connectivity index (χ0) is 17.2. The molecule has 3 aromatic rings. The fourth-order valence-corrected chi connectivity index (χ4v) is 4.91. The lowest BCUT2D eigenvalue weighted by Crippen LogP contribution is -2.16. The van der Waals surface area contributed by atoms with E-state index in [4.69, 9.17) is 11.6 Å². The Morgan fingerprint density at radius 1 is 1.12 bits per heavy atom. The van der Waals surface area contributed by atoms with Crippen LogP contribution in [-0.2, 0) is 0 Å². The predicted molar refractivity (Wildman–Crippen MR) is 103 cm³/mol. The molecule has 0 atom stereocenters. The Morgan fingerprint density at radius 3 is 2.60 bits per heavy atom. The van der Waals surface area contributed by atoms with Crippen LogP contribution in [0.2, 0.25) is 5.02 Å². The lowest BCUT2D eigenvalue weighted by atomic mass is 9.81. The molecule has 1 saturated carbocycles. The van der Waals surface area contributed by atoms with Crippen LogP contribution < -0.4 is 0 Å². The molecule has 0 aliphatic heterocycles. The van der Waals surface area contributed by atoms with Crippen LogP contribution in [-0.4, -0.2) is 21.7 Å². The van der Waals surface area contributed by atoms with Crippen molar-refractivity contribution in [3.8, 4) is 0 Å². The number of fused-ring (bicyclic) bond motifs is 1. The van der Waals surface area contributed by atoms with Gasteiger partial charge in [-0.25, -0.2) is 4.98 Å². The van der Waals surface area contributed by atoms with Crippen LogP contribution in [0.4, 0.5) is 0 Å². The van der Waals surface area contributed by atoms with E-state index >= 15 is 0 Å². The molecule has 1 aliphatic rings. The number of hydrogen-bond donors (Lipinski definition) is 2. The number of nitrogens with zero attached hydrogens (tertiary/aromatic N) is 1. The first kappa shape index (κ1) is 17.0. The summed E-state index contributed by atoms with van der Waals surface area (Å²) in [5, 5.41) is 11.3. The highest BCUT2D eigenvalue weighted by molar-refractivity contribution is 7.99. The third-order valence-electron chi connectivity index (χ3n) is 5.10. The van der Waals surface area contributed by atoms with Gasteiger partial charge in [0.25, 0.3) is 0 Å². The molecule has 4 rings (SSSR count). The number of aromatic amines is 1. The van der Waals surface area contributed by atoms with Crippen LogP contribution >= 0.6 is 23.4 Å². The van der Waals surface area contributed by atoms with Gasteiger partial charge in [0.1, 0.15) is 5.65 Å². The van der Waals surface area contributed by atoms with Gasteiger partial charge in [-0.1, -0.05) is 23.4 Å². The summed E-state index contributed by atoms with van der Waals surface area (Å²) in [4.78, 5) is 10.5. The van der Waals surface area contributed by atoms with Gasteiger partial charge in [0.15, 0.2) is 0 Å². The maximum Gasteiger partial charge on any atom is 0.138 e. The molecule has 2 aromatic heterocycles. The third-order valence-corrected chi connectivity index (χ3v) is 6.50. The maximum atomic E-state index is 9.40. The highest BCUT2D eigenvalue weighted by atomic mass is 35.5. The zero-order valence-electron chi connectivity index (χ0n) is 13.9. The minimum absolute atomic E-state index is 0.313. The summed E-state index contributed by atoms with van der Waals surface area (Å²) >= 11 is 7.80. The quantitative estimate of drug-likeness (QED) is 0.623. The van der Waals surface area contributed by atoms with Crippen LogP contribution in [0, 0.1) is 5.92 Å². The number of aromatic nitrogens is 2. The number of nitrogens with one attached hydrogen (secondary N) is 1. The molecule has 2 N–H and O–H groups in total. The molecule has 0 unspecified atom stereocenters. The van der Waals surface area contributed by atoms with Crippen molar-refractivity contribution in [2.24, 2.45) is 5.92 Å². The fraction of sp³-hybridized carbons (Fsp3) is 0.350. The van der Waals surface area contributed by atoms with Crippen LogP contribution in [0.1, 0.15) is 37.3 Å². The summed E-state index contributed by atoms with van der Waals surface area (Å²) in [6, 6.07) is 12.1. The summed E-state index contributed by atoms with van der Waals surface area (Å²) < 4.78 is 0. The first-order valence-corrected chi connectivity index (χ1v) is 9.95. The Morgan fingerprint density at radius 2 is 1.88 bits per heavy atom. The molecule has 0 amide bonds. The second-order valence-corrected chi connectivity index (χ2v) is 8.24. The van der Waals surface area contributed by atoms with Crippen LogP contribution in [0.25, 0.3) is 11.0 Å².